The standard InChI is InChI=1S/C17H31NO3/c1-3-5-7-8-9-10-11-13-17(15-19)16(12-6-4-2)14-18(20)21/h3,15-17H,1,4-14H2,2H3/t16-,17+/m0/s1. The molecule has 0 aromatic heterocycles. The number of nitro groups is 1. The maximum atomic E-state index is 11.3. The molecule has 0 aliphatic heterocycles. The molecule has 4 nitrogen and oxygen atoms in total. The average Bonchev–Trinajstić information content (AvgIpc) is 2.46. The average molecular weight is 297 g/mol. The molecule has 0 unspecified atom stereocenters. The molecule has 21 heavy (non-hydrogen) atoms. The highest BCUT2D eigenvalue weighted by molar-refractivity contribution is 5.53. The lowest BCUT2D eigenvalue weighted by molar-refractivity contribution is -0.489. The van der Waals surface area contributed by atoms with Crippen molar-refractivity contribution < 1.29 is 9.72 Å². The zero-order chi connectivity index (χ0) is 15.9. The van der Waals surface area contributed by atoms with Crippen LogP contribution in [0.4, 0.5) is 0 Å². The van der Waals surface area contributed by atoms with Crippen LogP contribution in [-0.4, -0.2) is 17.8 Å². The zero-order valence-electron chi connectivity index (χ0n) is 13.5. The summed E-state index contributed by atoms with van der Waals surface area (Å²) in [6, 6.07) is 0. The molecule has 0 radical (unpaired) electrons. The zero-order valence-corrected chi connectivity index (χ0v) is 13.5. The third-order valence-corrected chi connectivity index (χ3v) is 4.04. The topological polar surface area (TPSA) is 60.2 Å². The molecule has 4 heteroatoms. The second-order valence-electron chi connectivity index (χ2n) is 5.85. The normalized spacial score (nSPS) is 13.6. The van der Waals surface area contributed by atoms with Crippen LogP contribution in [0.25, 0.3) is 0 Å². The Balaban J connectivity index is 4.03. The van der Waals surface area contributed by atoms with Gasteiger partial charge in [-0.25, -0.2) is 0 Å². The molecular formula is C17H31NO3. The van der Waals surface area contributed by atoms with Crippen LogP contribution in [0.5, 0.6) is 0 Å². The van der Waals surface area contributed by atoms with Crippen molar-refractivity contribution >= 4 is 6.29 Å². The van der Waals surface area contributed by atoms with Crippen LogP contribution in [0.15, 0.2) is 12.7 Å². The predicted molar refractivity (Wildman–Crippen MR) is 86.9 cm³/mol. The summed E-state index contributed by atoms with van der Waals surface area (Å²) in [7, 11) is 0. The largest absolute Gasteiger partial charge is 0.303 e. The number of rotatable bonds is 15. The molecule has 0 N–H and O–H groups in total. The van der Waals surface area contributed by atoms with E-state index in [0.717, 1.165) is 51.2 Å². The van der Waals surface area contributed by atoms with Crippen molar-refractivity contribution in [1.29, 1.82) is 0 Å². The van der Waals surface area contributed by atoms with Crippen LogP contribution in [0.2, 0.25) is 0 Å². The van der Waals surface area contributed by atoms with Crippen LogP contribution < -0.4 is 0 Å². The van der Waals surface area contributed by atoms with Crippen molar-refractivity contribution in [3.8, 4) is 0 Å². The Morgan fingerprint density at radius 3 is 2.33 bits per heavy atom. The van der Waals surface area contributed by atoms with Gasteiger partial charge in [-0.15, -0.1) is 6.58 Å². The minimum absolute atomic E-state index is 0.0667. The summed E-state index contributed by atoms with van der Waals surface area (Å²) in [5.41, 5.74) is 0. The van der Waals surface area contributed by atoms with E-state index in [1.807, 2.05) is 6.08 Å². The van der Waals surface area contributed by atoms with Crippen molar-refractivity contribution in [3.63, 3.8) is 0 Å². The fourth-order valence-corrected chi connectivity index (χ4v) is 2.71. The Morgan fingerprint density at radius 2 is 1.76 bits per heavy atom. The Kier molecular flexibility index (Phi) is 13.0. The summed E-state index contributed by atoms with van der Waals surface area (Å²) in [6.07, 6.45) is 13.2. The van der Waals surface area contributed by atoms with Gasteiger partial charge in [0.15, 0.2) is 0 Å². The monoisotopic (exact) mass is 297 g/mol. The van der Waals surface area contributed by atoms with Crippen LogP contribution in [0, 0.1) is 22.0 Å². The molecule has 0 fully saturated rings. The fourth-order valence-electron chi connectivity index (χ4n) is 2.71. The third kappa shape index (κ3) is 11.2. The summed E-state index contributed by atoms with van der Waals surface area (Å²) in [4.78, 5) is 21.7. The number of nitrogens with zero attached hydrogens (tertiary/aromatic N) is 1. The lowest BCUT2D eigenvalue weighted by Gasteiger charge is -2.19. The minimum Gasteiger partial charge on any atom is -0.303 e. The molecule has 2 atom stereocenters. The van der Waals surface area contributed by atoms with Crippen molar-refractivity contribution in [1.82, 2.24) is 0 Å². The van der Waals surface area contributed by atoms with Crippen molar-refractivity contribution in [2.75, 3.05) is 6.54 Å². The smallest absolute Gasteiger partial charge is 0.207 e. The minimum atomic E-state index is -0.272. The van der Waals surface area contributed by atoms with Gasteiger partial charge in [0.2, 0.25) is 6.54 Å². The van der Waals surface area contributed by atoms with Gasteiger partial charge < -0.3 is 4.79 Å². The van der Waals surface area contributed by atoms with Gasteiger partial charge in [0.05, 0.1) is 0 Å². The number of aldehydes is 1. The fraction of sp³-hybridized carbons (Fsp3) is 0.824. The molecule has 0 heterocycles. The maximum absolute atomic E-state index is 11.3. The summed E-state index contributed by atoms with van der Waals surface area (Å²) >= 11 is 0. The van der Waals surface area contributed by atoms with Gasteiger partial charge in [0, 0.05) is 16.8 Å². The third-order valence-electron chi connectivity index (χ3n) is 4.04. The van der Waals surface area contributed by atoms with E-state index in [4.69, 9.17) is 0 Å². The summed E-state index contributed by atoms with van der Waals surface area (Å²) in [5.74, 6) is -0.228. The Bertz CT molecular complexity index is 292. The van der Waals surface area contributed by atoms with E-state index in [9.17, 15) is 14.9 Å². The lowest BCUT2D eigenvalue weighted by Crippen LogP contribution is -2.24. The summed E-state index contributed by atoms with van der Waals surface area (Å²) < 4.78 is 0. The summed E-state index contributed by atoms with van der Waals surface area (Å²) in [5, 5.41) is 10.8. The van der Waals surface area contributed by atoms with Gasteiger partial charge in [-0.3, -0.25) is 10.1 Å². The maximum Gasteiger partial charge on any atom is 0.207 e. The molecule has 122 valence electrons. The van der Waals surface area contributed by atoms with E-state index in [-0.39, 0.29) is 23.3 Å². The predicted octanol–water partition coefficient (Wildman–Crippen LogP) is 4.80. The highest BCUT2D eigenvalue weighted by Gasteiger charge is 2.24. The molecule has 0 spiro atoms. The van der Waals surface area contributed by atoms with Gasteiger partial charge in [-0.05, 0) is 25.7 Å². The van der Waals surface area contributed by atoms with E-state index in [0.29, 0.717) is 0 Å². The van der Waals surface area contributed by atoms with Gasteiger partial charge in [-0.1, -0.05) is 51.5 Å². The molecule has 0 saturated carbocycles. The quantitative estimate of drug-likeness (QED) is 0.143. The van der Waals surface area contributed by atoms with E-state index >= 15 is 0 Å². The first-order chi connectivity index (χ1) is 10.2. The van der Waals surface area contributed by atoms with Gasteiger partial charge in [0.25, 0.3) is 0 Å². The first-order valence-corrected chi connectivity index (χ1v) is 8.33. The van der Waals surface area contributed by atoms with E-state index in [1.54, 1.807) is 0 Å². The molecule has 0 rings (SSSR count). The van der Waals surface area contributed by atoms with Crippen LogP contribution in [-0.2, 0) is 4.79 Å². The molecule has 0 aromatic carbocycles. The van der Waals surface area contributed by atoms with Crippen molar-refractivity contribution in [2.45, 2.75) is 71.1 Å². The Morgan fingerprint density at radius 1 is 1.10 bits per heavy atom. The van der Waals surface area contributed by atoms with E-state index in [2.05, 4.69) is 13.5 Å². The van der Waals surface area contributed by atoms with Gasteiger partial charge in [0.1, 0.15) is 6.29 Å². The first kappa shape index (κ1) is 19.8. The number of allylic oxidation sites excluding steroid dienone is 1. The highest BCUT2D eigenvalue weighted by atomic mass is 16.6. The number of hydrogen-bond acceptors (Lipinski definition) is 3. The van der Waals surface area contributed by atoms with Gasteiger partial charge >= 0.3 is 0 Å². The van der Waals surface area contributed by atoms with Gasteiger partial charge in [-0.2, -0.15) is 0 Å². The van der Waals surface area contributed by atoms with Crippen LogP contribution in [0.3, 0.4) is 0 Å². The molecule has 0 saturated heterocycles. The molecule has 0 aliphatic carbocycles. The van der Waals surface area contributed by atoms with Crippen molar-refractivity contribution in [3.05, 3.63) is 22.8 Å². The SMILES string of the molecule is C=CCCCCCCC[C@H](C=O)[C@@H](CCCC)C[N+](=O)[O-]. The molecular weight excluding hydrogens is 266 g/mol. The van der Waals surface area contributed by atoms with Crippen LogP contribution in [0.1, 0.15) is 71.1 Å². The lowest BCUT2D eigenvalue weighted by atomic mass is 9.85. The molecule has 0 aromatic rings. The Labute approximate surface area is 129 Å². The highest BCUT2D eigenvalue weighted by Crippen LogP contribution is 2.23. The Hall–Kier alpha value is -1.19. The molecule has 0 aliphatic rings. The number of carbonyl (C=O) groups excluding carboxylic acids is 1. The summed E-state index contributed by atoms with van der Waals surface area (Å²) in [6.45, 7) is 5.71. The van der Waals surface area contributed by atoms with Crippen LogP contribution >= 0.6 is 0 Å². The first-order valence-electron chi connectivity index (χ1n) is 8.33. The van der Waals surface area contributed by atoms with Crippen molar-refractivity contribution in [2.24, 2.45) is 11.8 Å². The second-order valence-corrected chi connectivity index (χ2v) is 5.85. The molecule has 0 bridgehead atoms. The second kappa shape index (κ2) is 13.8. The van der Waals surface area contributed by atoms with E-state index < -0.39 is 0 Å². The number of unbranched alkanes of at least 4 members (excludes halogenated alkanes) is 6. The molecule has 0 amide bonds. The number of carbonyl (C=O) groups is 1. The van der Waals surface area contributed by atoms with E-state index in [1.165, 1.54) is 19.3 Å². The number of hydrogen-bond donors (Lipinski definition) is 0.